The maximum atomic E-state index is 11.0. The van der Waals surface area contributed by atoms with Gasteiger partial charge in [0.2, 0.25) is 11.8 Å². The summed E-state index contributed by atoms with van der Waals surface area (Å²) >= 11 is 0. The zero-order valence-electron chi connectivity index (χ0n) is 7.96. The monoisotopic (exact) mass is 188 g/mol. The van der Waals surface area contributed by atoms with Gasteiger partial charge in [0, 0.05) is 0 Å². The largest absolute Gasteiger partial charge is 0.369 e. The van der Waals surface area contributed by atoms with Crippen LogP contribution < -0.4 is 16.4 Å². The van der Waals surface area contributed by atoms with Crippen molar-refractivity contribution in [3.63, 3.8) is 0 Å². The number of rotatable bonds is 6. The topological polar surface area (TPSA) is 87.5 Å². The molecule has 0 aromatic carbocycles. The van der Waals surface area contributed by atoms with Gasteiger partial charge >= 0.3 is 0 Å². The van der Waals surface area contributed by atoms with Gasteiger partial charge in [-0.25, -0.2) is 0 Å². The van der Waals surface area contributed by atoms with E-state index >= 15 is 0 Å². The molecule has 0 aromatic rings. The molecular formula is C7H16N4O2. The Morgan fingerprint density at radius 3 is 2.46 bits per heavy atom. The van der Waals surface area contributed by atoms with E-state index in [9.17, 15) is 9.59 Å². The number of amides is 2. The minimum absolute atomic E-state index is 0.0717. The van der Waals surface area contributed by atoms with E-state index in [2.05, 4.69) is 10.6 Å². The fourth-order valence-electron chi connectivity index (χ4n) is 0.690. The van der Waals surface area contributed by atoms with Gasteiger partial charge < -0.3 is 16.0 Å². The maximum absolute atomic E-state index is 11.0. The highest BCUT2D eigenvalue weighted by Crippen LogP contribution is 1.72. The van der Waals surface area contributed by atoms with Gasteiger partial charge in [-0.2, -0.15) is 0 Å². The number of likely N-dealkylation sites (N-methyl/N-ethyl adjacent to an activating group) is 1. The molecule has 2 amide bonds. The van der Waals surface area contributed by atoms with E-state index in [0.29, 0.717) is 6.54 Å². The van der Waals surface area contributed by atoms with Crippen LogP contribution >= 0.6 is 0 Å². The van der Waals surface area contributed by atoms with Crippen LogP contribution in [-0.4, -0.2) is 50.6 Å². The minimum atomic E-state index is -0.443. The SMILES string of the molecule is CN(C)CC(=O)NCNCC(N)=O. The lowest BCUT2D eigenvalue weighted by atomic mass is 10.5. The summed E-state index contributed by atoms with van der Waals surface area (Å²) in [5, 5.41) is 5.23. The van der Waals surface area contributed by atoms with Gasteiger partial charge in [0.1, 0.15) is 0 Å². The van der Waals surface area contributed by atoms with Crippen molar-refractivity contribution in [2.75, 3.05) is 33.9 Å². The second-order valence-corrected chi connectivity index (χ2v) is 2.91. The number of nitrogens with two attached hydrogens (primary N) is 1. The number of hydrogen-bond donors (Lipinski definition) is 3. The van der Waals surface area contributed by atoms with Crippen LogP contribution in [0.25, 0.3) is 0 Å². The molecule has 4 N–H and O–H groups in total. The molecule has 0 fully saturated rings. The molecule has 0 saturated heterocycles. The highest BCUT2D eigenvalue weighted by Gasteiger charge is 2.00. The number of carbonyl (C=O) groups is 2. The highest BCUT2D eigenvalue weighted by atomic mass is 16.2. The molecule has 0 aliphatic heterocycles. The number of nitrogens with zero attached hydrogens (tertiary/aromatic N) is 1. The summed E-state index contributed by atoms with van der Waals surface area (Å²) in [7, 11) is 3.60. The van der Waals surface area contributed by atoms with Crippen molar-refractivity contribution in [2.24, 2.45) is 5.73 Å². The van der Waals surface area contributed by atoms with E-state index in [-0.39, 0.29) is 19.1 Å². The van der Waals surface area contributed by atoms with Crippen LogP contribution in [0.4, 0.5) is 0 Å². The molecular weight excluding hydrogens is 172 g/mol. The van der Waals surface area contributed by atoms with E-state index in [0.717, 1.165) is 0 Å². The molecule has 0 radical (unpaired) electrons. The van der Waals surface area contributed by atoms with Gasteiger partial charge in [-0.1, -0.05) is 0 Å². The summed E-state index contributed by atoms with van der Waals surface area (Å²) in [5.41, 5.74) is 4.87. The quantitative estimate of drug-likeness (QED) is 0.323. The van der Waals surface area contributed by atoms with Crippen molar-refractivity contribution in [3.8, 4) is 0 Å². The first-order valence-corrected chi connectivity index (χ1v) is 3.93. The molecule has 0 unspecified atom stereocenters. The van der Waals surface area contributed by atoms with Crippen molar-refractivity contribution in [1.82, 2.24) is 15.5 Å². The van der Waals surface area contributed by atoms with E-state index < -0.39 is 5.91 Å². The first-order chi connectivity index (χ1) is 6.02. The van der Waals surface area contributed by atoms with Crippen molar-refractivity contribution >= 4 is 11.8 Å². The molecule has 0 aliphatic carbocycles. The molecule has 6 heteroatoms. The van der Waals surface area contributed by atoms with Crippen LogP contribution in [-0.2, 0) is 9.59 Å². The Hall–Kier alpha value is -1.14. The standard InChI is InChI=1S/C7H16N4O2/c1-11(2)4-7(13)10-5-9-3-6(8)12/h9H,3-5H2,1-2H3,(H2,8,12)(H,10,13). The van der Waals surface area contributed by atoms with Crippen LogP contribution in [0.3, 0.4) is 0 Å². The third-order valence-electron chi connectivity index (χ3n) is 1.17. The van der Waals surface area contributed by atoms with E-state index in [4.69, 9.17) is 5.73 Å². The van der Waals surface area contributed by atoms with Gasteiger partial charge in [0.15, 0.2) is 0 Å². The Labute approximate surface area is 77.5 Å². The van der Waals surface area contributed by atoms with Crippen LogP contribution in [0, 0.1) is 0 Å². The van der Waals surface area contributed by atoms with Crippen molar-refractivity contribution in [3.05, 3.63) is 0 Å². The third kappa shape index (κ3) is 8.77. The van der Waals surface area contributed by atoms with Crippen molar-refractivity contribution < 1.29 is 9.59 Å². The lowest BCUT2D eigenvalue weighted by Crippen LogP contribution is -2.41. The van der Waals surface area contributed by atoms with E-state index in [1.165, 1.54) is 0 Å². The molecule has 0 saturated carbocycles. The molecule has 0 aliphatic rings. The van der Waals surface area contributed by atoms with Gasteiger partial charge in [0.05, 0.1) is 19.8 Å². The normalized spacial score (nSPS) is 10.1. The van der Waals surface area contributed by atoms with Crippen LogP contribution in [0.1, 0.15) is 0 Å². The summed E-state index contributed by atoms with van der Waals surface area (Å²) in [6.07, 6.45) is 0. The summed E-state index contributed by atoms with van der Waals surface area (Å²) in [6, 6.07) is 0. The molecule has 0 heterocycles. The zero-order valence-corrected chi connectivity index (χ0v) is 7.96. The minimum Gasteiger partial charge on any atom is -0.369 e. The molecule has 76 valence electrons. The Balaban J connectivity index is 3.32. The average Bonchev–Trinajstić information content (AvgIpc) is 1.96. The van der Waals surface area contributed by atoms with Gasteiger partial charge in [0.25, 0.3) is 0 Å². The molecule has 0 rings (SSSR count). The summed E-state index contributed by atoms with van der Waals surface area (Å²) < 4.78 is 0. The number of primary amides is 1. The first kappa shape index (κ1) is 11.9. The van der Waals surface area contributed by atoms with E-state index in [1.807, 2.05) is 0 Å². The third-order valence-corrected chi connectivity index (χ3v) is 1.17. The zero-order chi connectivity index (χ0) is 10.3. The molecule has 0 aromatic heterocycles. The number of carbonyl (C=O) groups excluding carboxylic acids is 2. The Kier molecular flexibility index (Phi) is 5.82. The van der Waals surface area contributed by atoms with Gasteiger partial charge in [-0.3, -0.25) is 14.9 Å². The first-order valence-electron chi connectivity index (χ1n) is 3.93. The average molecular weight is 188 g/mol. The van der Waals surface area contributed by atoms with E-state index in [1.54, 1.807) is 19.0 Å². The smallest absolute Gasteiger partial charge is 0.235 e. The Morgan fingerprint density at radius 2 is 2.00 bits per heavy atom. The Morgan fingerprint density at radius 1 is 1.38 bits per heavy atom. The van der Waals surface area contributed by atoms with Gasteiger partial charge in [-0.15, -0.1) is 0 Å². The lowest BCUT2D eigenvalue weighted by Gasteiger charge is -2.09. The molecule has 0 bridgehead atoms. The number of nitrogens with one attached hydrogen (secondary N) is 2. The predicted molar refractivity (Wildman–Crippen MR) is 48.8 cm³/mol. The predicted octanol–water partition coefficient (Wildman–Crippen LogP) is -2.30. The molecule has 6 nitrogen and oxygen atoms in total. The lowest BCUT2D eigenvalue weighted by molar-refractivity contribution is -0.122. The molecule has 13 heavy (non-hydrogen) atoms. The molecule has 0 atom stereocenters. The summed E-state index contributed by atoms with van der Waals surface area (Å²) in [5.74, 6) is -0.538. The highest BCUT2D eigenvalue weighted by molar-refractivity contribution is 5.78. The maximum Gasteiger partial charge on any atom is 0.235 e. The Bertz CT molecular complexity index is 181. The van der Waals surface area contributed by atoms with Crippen LogP contribution in [0.2, 0.25) is 0 Å². The van der Waals surface area contributed by atoms with Gasteiger partial charge in [-0.05, 0) is 14.1 Å². The summed E-state index contributed by atoms with van der Waals surface area (Å²) in [4.78, 5) is 23.0. The second-order valence-electron chi connectivity index (χ2n) is 2.91. The second kappa shape index (κ2) is 6.38. The van der Waals surface area contributed by atoms with Crippen LogP contribution in [0.15, 0.2) is 0 Å². The van der Waals surface area contributed by atoms with Crippen LogP contribution in [0.5, 0.6) is 0 Å². The van der Waals surface area contributed by atoms with Crippen molar-refractivity contribution in [2.45, 2.75) is 0 Å². The number of hydrogen-bond acceptors (Lipinski definition) is 4. The molecule has 0 spiro atoms. The fraction of sp³-hybridized carbons (Fsp3) is 0.714. The van der Waals surface area contributed by atoms with Crippen molar-refractivity contribution in [1.29, 1.82) is 0 Å². The summed E-state index contributed by atoms with van der Waals surface area (Å²) in [6.45, 7) is 0.663. The fourth-order valence-corrected chi connectivity index (χ4v) is 0.690.